The van der Waals surface area contributed by atoms with Crippen LogP contribution in [0, 0.1) is 24.1 Å². The van der Waals surface area contributed by atoms with Gasteiger partial charge in [-0.1, -0.05) is 5.92 Å². The summed E-state index contributed by atoms with van der Waals surface area (Å²) >= 11 is 0. The first-order chi connectivity index (χ1) is 7.78. The molecule has 16 heavy (non-hydrogen) atoms. The van der Waals surface area contributed by atoms with Gasteiger partial charge in [0.05, 0.1) is 5.56 Å². The van der Waals surface area contributed by atoms with E-state index in [-0.39, 0.29) is 5.82 Å². The van der Waals surface area contributed by atoms with Crippen molar-refractivity contribution in [3.63, 3.8) is 0 Å². The topological polar surface area (TPSA) is 3.24 Å². The summed E-state index contributed by atoms with van der Waals surface area (Å²) in [5.41, 5.74) is 2.68. The molecule has 0 N–H and O–H groups in total. The third kappa shape index (κ3) is 1.39. The molecule has 2 aliphatic heterocycles. The van der Waals surface area contributed by atoms with Gasteiger partial charge in [0, 0.05) is 18.8 Å². The van der Waals surface area contributed by atoms with Gasteiger partial charge in [-0.2, -0.15) is 0 Å². The average molecular weight is 215 g/mol. The van der Waals surface area contributed by atoms with Crippen LogP contribution >= 0.6 is 0 Å². The van der Waals surface area contributed by atoms with Gasteiger partial charge in [-0.3, -0.25) is 0 Å². The summed E-state index contributed by atoms with van der Waals surface area (Å²) in [6.45, 7) is 2.20. The van der Waals surface area contributed by atoms with E-state index >= 15 is 0 Å². The van der Waals surface area contributed by atoms with E-state index in [4.69, 9.17) is 6.42 Å². The van der Waals surface area contributed by atoms with E-state index in [9.17, 15) is 4.39 Å². The summed E-state index contributed by atoms with van der Waals surface area (Å²) in [5, 5.41) is 0. The van der Waals surface area contributed by atoms with E-state index in [1.54, 1.807) is 6.07 Å². The van der Waals surface area contributed by atoms with Crippen LogP contribution in [0.5, 0.6) is 0 Å². The predicted molar refractivity (Wildman–Crippen MR) is 63.0 cm³/mol. The Morgan fingerprint density at radius 1 is 1.44 bits per heavy atom. The highest BCUT2D eigenvalue weighted by molar-refractivity contribution is 5.60. The number of halogens is 1. The molecule has 1 nitrogen and oxygen atoms in total. The van der Waals surface area contributed by atoms with Gasteiger partial charge < -0.3 is 4.90 Å². The lowest BCUT2D eigenvalue weighted by molar-refractivity contribution is 0.395. The van der Waals surface area contributed by atoms with Crippen LogP contribution in [0.3, 0.4) is 0 Å². The zero-order valence-corrected chi connectivity index (χ0v) is 9.17. The van der Waals surface area contributed by atoms with Crippen LogP contribution in [-0.4, -0.2) is 13.1 Å². The molecule has 0 aliphatic carbocycles. The summed E-state index contributed by atoms with van der Waals surface area (Å²) in [6, 6.07) is 3.47. The van der Waals surface area contributed by atoms with Gasteiger partial charge in [-0.25, -0.2) is 4.39 Å². The van der Waals surface area contributed by atoms with Crippen LogP contribution in [0.1, 0.15) is 24.0 Å². The van der Waals surface area contributed by atoms with Crippen molar-refractivity contribution < 1.29 is 4.39 Å². The van der Waals surface area contributed by atoms with Crippen LogP contribution in [0.15, 0.2) is 12.1 Å². The molecule has 0 radical (unpaired) electrons. The Morgan fingerprint density at radius 3 is 3.12 bits per heavy atom. The summed E-state index contributed by atoms with van der Waals surface area (Å²) in [4.78, 5) is 2.35. The Kier molecular flexibility index (Phi) is 2.14. The summed E-state index contributed by atoms with van der Waals surface area (Å²) in [5.74, 6) is 2.88. The molecule has 1 fully saturated rings. The third-order valence-electron chi connectivity index (χ3n) is 3.69. The molecule has 1 saturated heterocycles. The molecule has 0 aromatic heterocycles. The maximum atomic E-state index is 13.6. The molecule has 2 bridgehead atoms. The van der Waals surface area contributed by atoms with E-state index in [0.717, 1.165) is 30.8 Å². The van der Waals surface area contributed by atoms with E-state index in [1.807, 2.05) is 6.07 Å². The minimum atomic E-state index is -0.248. The molecule has 1 aromatic carbocycles. The van der Waals surface area contributed by atoms with E-state index in [0.29, 0.717) is 11.5 Å². The molecule has 82 valence electrons. The first-order valence-electron chi connectivity index (χ1n) is 5.82. The lowest BCUT2D eigenvalue weighted by atomic mass is 9.85. The lowest BCUT2D eigenvalue weighted by Crippen LogP contribution is -2.40. The fourth-order valence-corrected chi connectivity index (χ4v) is 2.93. The fraction of sp³-hybridized carbons (Fsp3) is 0.429. The zero-order valence-electron chi connectivity index (χ0n) is 9.17. The first-order valence-corrected chi connectivity index (χ1v) is 5.82. The Bertz CT molecular complexity index is 472. The van der Waals surface area contributed by atoms with Crippen molar-refractivity contribution in [1.29, 1.82) is 0 Å². The lowest BCUT2D eigenvalue weighted by Gasteiger charge is -2.40. The standard InChI is InChI=1S/C14H14FN/c1-2-11-8-14-12(7-13(11)15)6-10-4-3-5-16(14)9-10/h1,7-8,10H,3-6,9H2. The van der Waals surface area contributed by atoms with Crippen molar-refractivity contribution in [2.75, 3.05) is 18.0 Å². The number of hydrogen-bond acceptors (Lipinski definition) is 1. The summed E-state index contributed by atoms with van der Waals surface area (Å²) in [6.07, 6.45) is 8.83. The molecular weight excluding hydrogens is 201 g/mol. The summed E-state index contributed by atoms with van der Waals surface area (Å²) < 4.78 is 13.6. The van der Waals surface area contributed by atoms with Crippen molar-refractivity contribution in [2.24, 2.45) is 5.92 Å². The molecule has 0 saturated carbocycles. The minimum Gasteiger partial charge on any atom is -0.371 e. The minimum absolute atomic E-state index is 0.248. The number of rotatable bonds is 0. The molecule has 2 aliphatic rings. The van der Waals surface area contributed by atoms with Gasteiger partial charge in [0.1, 0.15) is 5.82 Å². The number of anilines is 1. The largest absolute Gasteiger partial charge is 0.371 e. The monoisotopic (exact) mass is 215 g/mol. The van der Waals surface area contributed by atoms with Crippen molar-refractivity contribution >= 4 is 5.69 Å². The van der Waals surface area contributed by atoms with E-state index in [1.165, 1.54) is 12.8 Å². The third-order valence-corrected chi connectivity index (χ3v) is 3.69. The SMILES string of the molecule is C#Cc1cc2c(cc1F)CC1CCCN2C1. The van der Waals surface area contributed by atoms with Crippen LogP contribution in [0.4, 0.5) is 10.1 Å². The normalized spacial score (nSPS) is 22.5. The number of piperidine rings is 1. The highest BCUT2D eigenvalue weighted by Crippen LogP contribution is 2.36. The zero-order chi connectivity index (χ0) is 11.1. The Balaban J connectivity index is 2.11. The van der Waals surface area contributed by atoms with Gasteiger partial charge in [-0.05, 0) is 42.9 Å². The van der Waals surface area contributed by atoms with Crippen molar-refractivity contribution in [1.82, 2.24) is 0 Å². The number of hydrogen-bond donors (Lipinski definition) is 0. The van der Waals surface area contributed by atoms with Gasteiger partial charge in [-0.15, -0.1) is 6.42 Å². The number of nitrogens with zero attached hydrogens (tertiary/aromatic N) is 1. The van der Waals surface area contributed by atoms with Crippen molar-refractivity contribution in [2.45, 2.75) is 19.3 Å². The maximum absolute atomic E-state index is 13.6. The smallest absolute Gasteiger partial charge is 0.139 e. The van der Waals surface area contributed by atoms with Gasteiger partial charge >= 0.3 is 0 Å². The second-order valence-electron chi connectivity index (χ2n) is 4.76. The van der Waals surface area contributed by atoms with Crippen LogP contribution < -0.4 is 4.90 Å². The quantitative estimate of drug-likeness (QED) is 0.601. The van der Waals surface area contributed by atoms with E-state index in [2.05, 4.69) is 10.8 Å². The Hall–Kier alpha value is -1.49. The molecule has 3 rings (SSSR count). The van der Waals surface area contributed by atoms with Crippen LogP contribution in [0.25, 0.3) is 0 Å². The number of fused-ring (bicyclic) bond motifs is 4. The molecule has 1 aromatic rings. The van der Waals surface area contributed by atoms with Crippen LogP contribution in [-0.2, 0) is 6.42 Å². The highest BCUT2D eigenvalue weighted by Gasteiger charge is 2.28. The highest BCUT2D eigenvalue weighted by atomic mass is 19.1. The molecule has 1 unspecified atom stereocenters. The van der Waals surface area contributed by atoms with Crippen LogP contribution in [0.2, 0.25) is 0 Å². The van der Waals surface area contributed by atoms with E-state index < -0.39 is 0 Å². The van der Waals surface area contributed by atoms with Gasteiger partial charge in [0.2, 0.25) is 0 Å². The van der Waals surface area contributed by atoms with Crippen molar-refractivity contribution in [3.05, 3.63) is 29.1 Å². The average Bonchev–Trinajstić information content (AvgIpc) is 2.29. The molecule has 2 heterocycles. The molecular formula is C14H14FN. The Morgan fingerprint density at radius 2 is 2.31 bits per heavy atom. The predicted octanol–water partition coefficient (Wildman–Crippen LogP) is 2.58. The molecule has 0 amide bonds. The van der Waals surface area contributed by atoms with Gasteiger partial charge in [0.25, 0.3) is 0 Å². The van der Waals surface area contributed by atoms with Gasteiger partial charge in [0.15, 0.2) is 0 Å². The van der Waals surface area contributed by atoms with Crippen molar-refractivity contribution in [3.8, 4) is 12.3 Å². The second kappa shape index (κ2) is 3.52. The Labute approximate surface area is 95.3 Å². The fourth-order valence-electron chi connectivity index (χ4n) is 2.93. The number of benzene rings is 1. The second-order valence-corrected chi connectivity index (χ2v) is 4.76. The molecule has 0 spiro atoms. The maximum Gasteiger partial charge on any atom is 0.139 e. The molecule has 2 heteroatoms. The first kappa shape index (κ1) is 9.72. The summed E-state index contributed by atoms with van der Waals surface area (Å²) in [7, 11) is 0. The number of terminal acetylenes is 1. The molecule has 1 atom stereocenters.